The van der Waals surface area contributed by atoms with Gasteiger partial charge in [0.1, 0.15) is 16.4 Å². The van der Waals surface area contributed by atoms with Gasteiger partial charge < -0.3 is 14.9 Å². The molecule has 3 N–H and O–H groups in total. The fourth-order valence-electron chi connectivity index (χ4n) is 1.68. The molecule has 114 valence electrons. The molecule has 21 heavy (non-hydrogen) atoms. The number of furan rings is 1. The van der Waals surface area contributed by atoms with Crippen molar-refractivity contribution in [1.82, 2.24) is 0 Å². The van der Waals surface area contributed by atoms with Gasteiger partial charge in [0.05, 0.1) is 13.2 Å². The topological polar surface area (TPSA) is 94.6 Å². The van der Waals surface area contributed by atoms with Crippen LogP contribution in [0.5, 0.6) is 5.75 Å². The molecule has 0 aliphatic heterocycles. The number of hydrogen-bond acceptors (Lipinski definition) is 5. The summed E-state index contributed by atoms with van der Waals surface area (Å²) in [4.78, 5) is 0.0110. The summed E-state index contributed by atoms with van der Waals surface area (Å²) in [6.45, 7) is 2.55. The fourth-order valence-corrected chi connectivity index (χ4v) is 3.74. The highest BCUT2D eigenvalue weighted by Crippen LogP contribution is 2.28. The summed E-state index contributed by atoms with van der Waals surface area (Å²) in [5.41, 5.74) is 5.86. The largest absolute Gasteiger partial charge is 0.494 e. The molecule has 2 rings (SSSR count). The molecule has 0 saturated heterocycles. The van der Waals surface area contributed by atoms with Gasteiger partial charge in [0.25, 0.3) is 10.0 Å². The third-order valence-corrected chi connectivity index (χ3v) is 4.85. The molecule has 1 aromatic carbocycles. The van der Waals surface area contributed by atoms with Crippen LogP contribution in [0.4, 0.5) is 5.69 Å². The average Bonchev–Trinajstić information content (AvgIpc) is 2.83. The summed E-state index contributed by atoms with van der Waals surface area (Å²) in [5, 5.41) is 0. The Morgan fingerprint density at radius 1 is 1.33 bits per heavy atom. The van der Waals surface area contributed by atoms with Gasteiger partial charge in [-0.25, -0.2) is 8.42 Å². The molecule has 0 amide bonds. The molecule has 6 nitrogen and oxygen atoms in total. The maximum absolute atomic E-state index is 12.3. The SMILES string of the molecule is CCOc1ccc(NS(=O)(=O)c2cc(CN)oc2Br)cc1. The number of halogens is 1. The summed E-state index contributed by atoms with van der Waals surface area (Å²) in [6, 6.07) is 8.02. The maximum atomic E-state index is 12.3. The lowest BCUT2D eigenvalue weighted by Crippen LogP contribution is -2.12. The Morgan fingerprint density at radius 2 is 2.00 bits per heavy atom. The smallest absolute Gasteiger partial charge is 0.266 e. The highest BCUT2D eigenvalue weighted by Gasteiger charge is 2.22. The molecule has 0 unspecified atom stereocenters. The van der Waals surface area contributed by atoms with E-state index in [9.17, 15) is 8.42 Å². The maximum Gasteiger partial charge on any atom is 0.266 e. The molecule has 0 aliphatic carbocycles. The van der Waals surface area contributed by atoms with Crippen LogP contribution in [0.25, 0.3) is 0 Å². The summed E-state index contributed by atoms with van der Waals surface area (Å²) < 4.78 is 37.7. The predicted octanol–water partition coefficient (Wildman–Crippen LogP) is 2.70. The molecular formula is C13H15BrN2O4S. The second-order valence-corrected chi connectivity index (χ2v) is 6.49. The lowest BCUT2D eigenvalue weighted by Gasteiger charge is -2.08. The zero-order valence-corrected chi connectivity index (χ0v) is 13.7. The Hall–Kier alpha value is -1.51. The van der Waals surface area contributed by atoms with Gasteiger partial charge in [0, 0.05) is 11.8 Å². The van der Waals surface area contributed by atoms with Crippen molar-refractivity contribution in [3.8, 4) is 5.75 Å². The molecule has 0 aliphatic rings. The molecule has 0 fully saturated rings. The van der Waals surface area contributed by atoms with Crippen molar-refractivity contribution in [3.63, 3.8) is 0 Å². The molecule has 0 radical (unpaired) electrons. The van der Waals surface area contributed by atoms with E-state index in [1.165, 1.54) is 6.07 Å². The number of rotatable bonds is 6. The first-order valence-electron chi connectivity index (χ1n) is 6.20. The summed E-state index contributed by atoms with van der Waals surface area (Å²) in [5.74, 6) is 1.06. The molecule has 8 heteroatoms. The minimum atomic E-state index is -3.75. The summed E-state index contributed by atoms with van der Waals surface area (Å²) in [7, 11) is -3.75. The van der Waals surface area contributed by atoms with Gasteiger partial charge >= 0.3 is 0 Å². The van der Waals surface area contributed by atoms with E-state index in [-0.39, 0.29) is 16.1 Å². The highest BCUT2D eigenvalue weighted by molar-refractivity contribution is 9.10. The van der Waals surface area contributed by atoms with E-state index in [1.807, 2.05) is 6.92 Å². The van der Waals surface area contributed by atoms with Crippen molar-refractivity contribution in [1.29, 1.82) is 0 Å². The van der Waals surface area contributed by atoms with Gasteiger partial charge in [0.2, 0.25) is 0 Å². The third-order valence-electron chi connectivity index (χ3n) is 2.61. The van der Waals surface area contributed by atoms with E-state index in [2.05, 4.69) is 20.7 Å². The first kappa shape index (κ1) is 15.9. The van der Waals surface area contributed by atoms with E-state index in [0.717, 1.165) is 0 Å². The molecule has 0 saturated carbocycles. The molecule has 0 bridgehead atoms. The second-order valence-electron chi connectivity index (χ2n) is 4.12. The number of sulfonamides is 1. The molecule has 0 spiro atoms. The van der Waals surface area contributed by atoms with Gasteiger partial charge in [-0.2, -0.15) is 0 Å². The number of hydrogen-bond donors (Lipinski definition) is 2. The van der Waals surface area contributed by atoms with Gasteiger partial charge in [-0.15, -0.1) is 0 Å². The van der Waals surface area contributed by atoms with Crippen molar-refractivity contribution in [2.45, 2.75) is 18.4 Å². The minimum absolute atomic E-state index is 0.0110. The molecular weight excluding hydrogens is 360 g/mol. The first-order chi connectivity index (χ1) is 9.96. The number of benzene rings is 1. The van der Waals surface area contributed by atoms with E-state index in [4.69, 9.17) is 14.9 Å². The van der Waals surface area contributed by atoms with Crippen LogP contribution in [0.3, 0.4) is 0 Å². The minimum Gasteiger partial charge on any atom is -0.494 e. The zero-order chi connectivity index (χ0) is 15.5. The standard InChI is InChI=1S/C13H15BrN2O4S/c1-2-19-10-5-3-9(4-6-10)16-21(17,18)12-7-11(8-15)20-13(12)14/h3-7,16H,2,8,15H2,1H3. The van der Waals surface area contributed by atoms with Crippen molar-refractivity contribution >= 4 is 31.6 Å². The van der Waals surface area contributed by atoms with Crippen molar-refractivity contribution in [2.24, 2.45) is 5.73 Å². The fraction of sp³-hybridized carbons (Fsp3) is 0.231. The van der Waals surface area contributed by atoms with Gasteiger partial charge in [0.15, 0.2) is 4.67 Å². The van der Waals surface area contributed by atoms with E-state index in [1.54, 1.807) is 24.3 Å². The Bertz CT molecular complexity index is 710. The van der Waals surface area contributed by atoms with Crippen LogP contribution >= 0.6 is 15.9 Å². The number of nitrogens with one attached hydrogen (secondary N) is 1. The van der Waals surface area contributed by atoms with Crippen LogP contribution in [-0.4, -0.2) is 15.0 Å². The number of anilines is 1. The van der Waals surface area contributed by atoms with E-state index < -0.39 is 10.0 Å². The monoisotopic (exact) mass is 374 g/mol. The molecule has 1 heterocycles. The predicted molar refractivity (Wildman–Crippen MR) is 82.7 cm³/mol. The van der Waals surface area contributed by atoms with Gasteiger partial charge in [-0.05, 0) is 47.1 Å². The van der Waals surface area contributed by atoms with Crippen LogP contribution < -0.4 is 15.2 Å². The van der Waals surface area contributed by atoms with Crippen molar-refractivity contribution in [2.75, 3.05) is 11.3 Å². The normalized spacial score (nSPS) is 11.4. The van der Waals surface area contributed by atoms with Crippen LogP contribution in [0.1, 0.15) is 12.7 Å². The lowest BCUT2D eigenvalue weighted by molar-refractivity contribution is 0.340. The summed E-state index contributed by atoms with van der Waals surface area (Å²) in [6.07, 6.45) is 0. The zero-order valence-electron chi connectivity index (χ0n) is 11.3. The lowest BCUT2D eigenvalue weighted by atomic mass is 10.3. The Kier molecular flexibility index (Phi) is 4.92. The molecule has 1 aromatic heterocycles. The van der Waals surface area contributed by atoms with Gasteiger partial charge in [-0.3, -0.25) is 4.72 Å². The van der Waals surface area contributed by atoms with Gasteiger partial charge in [-0.1, -0.05) is 0 Å². The van der Waals surface area contributed by atoms with E-state index >= 15 is 0 Å². The highest BCUT2D eigenvalue weighted by atomic mass is 79.9. The average molecular weight is 375 g/mol. The number of nitrogens with two attached hydrogens (primary N) is 1. The Morgan fingerprint density at radius 3 is 2.52 bits per heavy atom. The van der Waals surface area contributed by atoms with Crippen molar-refractivity contribution in [3.05, 3.63) is 40.8 Å². The Labute approximate surface area is 131 Å². The summed E-state index contributed by atoms with van der Waals surface area (Å²) >= 11 is 3.08. The first-order valence-corrected chi connectivity index (χ1v) is 8.48. The second kappa shape index (κ2) is 6.50. The van der Waals surface area contributed by atoms with Crippen LogP contribution in [0.2, 0.25) is 0 Å². The van der Waals surface area contributed by atoms with Crippen LogP contribution in [-0.2, 0) is 16.6 Å². The number of ether oxygens (including phenoxy) is 1. The van der Waals surface area contributed by atoms with Crippen LogP contribution in [0, 0.1) is 0 Å². The molecule has 0 atom stereocenters. The van der Waals surface area contributed by atoms with Crippen molar-refractivity contribution < 1.29 is 17.6 Å². The molecule has 2 aromatic rings. The van der Waals surface area contributed by atoms with E-state index in [0.29, 0.717) is 23.8 Å². The quantitative estimate of drug-likeness (QED) is 0.810. The van der Waals surface area contributed by atoms with Crippen LogP contribution in [0.15, 0.2) is 44.3 Å². The third kappa shape index (κ3) is 3.78. The Balaban J connectivity index is 2.22.